The third kappa shape index (κ3) is 4.83. The van der Waals surface area contributed by atoms with Gasteiger partial charge in [-0.25, -0.2) is 0 Å². The van der Waals surface area contributed by atoms with Gasteiger partial charge in [-0.05, 0) is 41.0 Å². The molecule has 0 fully saturated rings. The van der Waals surface area contributed by atoms with E-state index >= 15 is 0 Å². The van der Waals surface area contributed by atoms with Crippen molar-refractivity contribution in [1.82, 2.24) is 5.16 Å². The summed E-state index contributed by atoms with van der Waals surface area (Å²) in [5.41, 5.74) is -0.960. The van der Waals surface area contributed by atoms with Crippen LogP contribution in [0.2, 0.25) is 18.1 Å². The van der Waals surface area contributed by atoms with E-state index in [1.54, 1.807) is 18.2 Å². The van der Waals surface area contributed by atoms with Gasteiger partial charge in [-0.2, -0.15) is 0 Å². The molecule has 2 aromatic carbocycles. The normalized spacial score (nSPS) is 27.1. The quantitative estimate of drug-likeness (QED) is 0.269. The van der Waals surface area contributed by atoms with Crippen LogP contribution in [-0.4, -0.2) is 45.5 Å². The van der Waals surface area contributed by atoms with E-state index < -0.39 is 53.7 Å². The maximum Gasteiger partial charge on any atom is 0.265 e. The minimum Gasteiger partial charge on any atom is -0.470 e. The highest BCUT2D eigenvalue weighted by molar-refractivity contribution is 7.86. The lowest BCUT2D eigenvalue weighted by molar-refractivity contribution is -0.0791. The van der Waals surface area contributed by atoms with Gasteiger partial charge in [0.1, 0.15) is 18.3 Å². The third-order valence-corrected chi connectivity index (χ3v) is 14.7. The van der Waals surface area contributed by atoms with Crippen molar-refractivity contribution in [2.75, 3.05) is 0 Å². The van der Waals surface area contributed by atoms with Crippen LogP contribution in [0.15, 0.2) is 82.2 Å². The maximum absolute atomic E-state index is 14.4. The Morgan fingerprint density at radius 3 is 2.30 bits per heavy atom. The van der Waals surface area contributed by atoms with Gasteiger partial charge in [-0.1, -0.05) is 88.4 Å². The molecule has 2 unspecified atom stereocenters. The van der Waals surface area contributed by atoms with Crippen LogP contribution in [0.3, 0.4) is 0 Å². The van der Waals surface area contributed by atoms with E-state index in [1.165, 1.54) is 0 Å². The molecule has 3 aromatic rings. The van der Waals surface area contributed by atoms with Crippen LogP contribution >= 0.6 is 0 Å². The molecule has 0 bridgehead atoms. The van der Waals surface area contributed by atoms with Crippen molar-refractivity contribution in [3.8, 4) is 5.88 Å². The highest BCUT2D eigenvalue weighted by Crippen LogP contribution is 2.52. The summed E-state index contributed by atoms with van der Waals surface area (Å²) < 4.78 is 32.5. The molecule has 0 saturated heterocycles. The average Bonchev–Trinajstić information content (AvgIpc) is 3.36. The van der Waals surface area contributed by atoms with Crippen LogP contribution in [-0.2, 0) is 21.8 Å². The molecule has 40 heavy (non-hydrogen) atoms. The molecule has 212 valence electrons. The van der Waals surface area contributed by atoms with Gasteiger partial charge in [0.2, 0.25) is 5.78 Å². The smallest absolute Gasteiger partial charge is 0.265 e. The first-order valence-electron chi connectivity index (χ1n) is 13.6. The topological polar surface area (TPSA) is 98.9 Å². The molecule has 1 heterocycles. The number of carbonyl (C=O) groups excluding carboxylic acids is 1. The molecule has 6 atom stereocenters. The Hall–Kier alpha value is -2.85. The Morgan fingerprint density at radius 2 is 1.68 bits per heavy atom. The summed E-state index contributed by atoms with van der Waals surface area (Å²) in [6.45, 7) is 12.5. The number of aromatic nitrogens is 1. The summed E-state index contributed by atoms with van der Waals surface area (Å²) in [5.74, 6) is -1.20. The highest BCUT2D eigenvalue weighted by atomic mass is 32.2. The number of Topliss-reactive ketones (excluding diaryl/α,β-unsaturated/α-hetero) is 1. The molecule has 7 nitrogen and oxygen atoms in total. The predicted octanol–water partition coefficient (Wildman–Crippen LogP) is 6.04. The summed E-state index contributed by atoms with van der Waals surface area (Å²) in [5, 5.41) is 15.7. The zero-order valence-electron chi connectivity index (χ0n) is 23.8. The first-order chi connectivity index (χ1) is 18.9. The molecule has 0 aliphatic heterocycles. The second-order valence-electron chi connectivity index (χ2n) is 12.2. The minimum atomic E-state index is -2.56. The molecule has 9 heteroatoms. The second kappa shape index (κ2) is 10.5. The summed E-state index contributed by atoms with van der Waals surface area (Å²) in [7, 11) is -4.14. The number of hydrogen-bond acceptors (Lipinski definition) is 7. The number of fused-ring (bicyclic) bond motifs is 2. The lowest BCUT2D eigenvalue weighted by Gasteiger charge is -2.51. The van der Waals surface area contributed by atoms with Gasteiger partial charge in [0, 0.05) is 16.7 Å². The standard InChI is InChI=1S/C31H37NO6SSi/c1-20-23-17-18-24(39(35)22-15-11-8-12-16-22)28(38-40(5,6)30(2,3)4)31(23,34)27(33)25-26(20)37-32-29(25)36-19-21-13-9-7-10-14-21/h7-18,20,23-24,28,34H,19H2,1-6H3/t20-,23-,24+,28?,31+,39?/m0/s1. The SMILES string of the molecule is C[C@@H]1c2onc(OCc3ccccc3)c2C(=O)[C@@]2(O)C(O[Si](C)(C)C(C)(C)C)[C@H](S(=O)c3ccccc3)C=C[C@@H]12. The van der Waals surface area contributed by atoms with Crippen LogP contribution in [0.25, 0.3) is 0 Å². The van der Waals surface area contributed by atoms with Crippen molar-refractivity contribution < 1.29 is 27.8 Å². The molecular weight excluding hydrogens is 542 g/mol. The van der Waals surface area contributed by atoms with Crippen molar-refractivity contribution in [2.24, 2.45) is 5.92 Å². The number of ether oxygens (including phenoxy) is 1. The van der Waals surface area contributed by atoms with Crippen LogP contribution in [0.5, 0.6) is 5.88 Å². The highest BCUT2D eigenvalue weighted by Gasteiger charge is 2.63. The molecular formula is C31H37NO6SSi. The summed E-state index contributed by atoms with van der Waals surface area (Å²) in [6.07, 6.45) is 2.59. The Balaban J connectivity index is 1.59. The number of ketones is 1. The molecule has 5 rings (SSSR count). The summed E-state index contributed by atoms with van der Waals surface area (Å²) in [4.78, 5) is 15.0. The van der Waals surface area contributed by atoms with E-state index in [2.05, 4.69) is 39.0 Å². The molecule has 0 saturated carbocycles. The summed E-state index contributed by atoms with van der Waals surface area (Å²) >= 11 is 0. The van der Waals surface area contributed by atoms with Crippen molar-refractivity contribution >= 4 is 24.9 Å². The number of benzene rings is 2. The molecule has 1 aromatic heterocycles. The molecule has 0 radical (unpaired) electrons. The van der Waals surface area contributed by atoms with Crippen molar-refractivity contribution in [3.05, 3.63) is 89.7 Å². The zero-order chi connectivity index (χ0) is 28.9. The monoisotopic (exact) mass is 579 g/mol. The van der Waals surface area contributed by atoms with Crippen LogP contribution in [0.4, 0.5) is 0 Å². The van der Waals surface area contributed by atoms with Gasteiger partial charge in [0.25, 0.3) is 5.88 Å². The van der Waals surface area contributed by atoms with Crippen LogP contribution in [0, 0.1) is 5.92 Å². The minimum absolute atomic E-state index is 0.0453. The lowest BCUT2D eigenvalue weighted by atomic mass is 9.63. The average molecular weight is 580 g/mol. The number of carbonyl (C=O) groups is 1. The molecule has 0 amide bonds. The molecule has 2 aliphatic rings. The summed E-state index contributed by atoms with van der Waals surface area (Å²) in [6, 6.07) is 18.7. The fraction of sp³-hybridized carbons (Fsp3) is 0.419. The van der Waals surface area contributed by atoms with E-state index in [0.29, 0.717) is 10.7 Å². The largest absolute Gasteiger partial charge is 0.470 e. The predicted molar refractivity (Wildman–Crippen MR) is 156 cm³/mol. The fourth-order valence-corrected chi connectivity index (χ4v) is 8.16. The van der Waals surface area contributed by atoms with E-state index in [4.69, 9.17) is 13.7 Å². The van der Waals surface area contributed by atoms with Crippen molar-refractivity contribution in [1.29, 1.82) is 0 Å². The van der Waals surface area contributed by atoms with E-state index in [0.717, 1.165) is 5.56 Å². The van der Waals surface area contributed by atoms with Gasteiger partial charge in [0.05, 0.1) is 16.0 Å². The Bertz CT molecular complexity index is 1430. The molecule has 0 spiro atoms. The lowest BCUT2D eigenvalue weighted by Crippen LogP contribution is -2.67. The van der Waals surface area contributed by atoms with Gasteiger partial charge >= 0.3 is 0 Å². The first kappa shape index (κ1) is 28.7. The fourth-order valence-electron chi connectivity index (χ4n) is 5.29. The Labute approximate surface area is 239 Å². The number of hydrogen-bond donors (Lipinski definition) is 1. The number of aliphatic hydroxyl groups is 1. The maximum atomic E-state index is 14.4. The molecule has 2 aliphatic carbocycles. The van der Waals surface area contributed by atoms with Gasteiger partial charge in [-0.15, -0.1) is 0 Å². The van der Waals surface area contributed by atoms with Crippen molar-refractivity contribution in [3.63, 3.8) is 0 Å². The zero-order valence-corrected chi connectivity index (χ0v) is 25.6. The van der Waals surface area contributed by atoms with Gasteiger partial charge in [0.15, 0.2) is 19.7 Å². The van der Waals surface area contributed by atoms with E-state index in [-0.39, 0.29) is 23.1 Å². The number of nitrogens with zero attached hydrogens (tertiary/aromatic N) is 1. The van der Waals surface area contributed by atoms with Gasteiger partial charge < -0.3 is 18.8 Å². The third-order valence-electron chi connectivity index (χ3n) is 8.65. The van der Waals surface area contributed by atoms with Crippen molar-refractivity contribution in [2.45, 2.75) is 80.2 Å². The van der Waals surface area contributed by atoms with E-state index in [1.807, 2.05) is 61.5 Å². The molecule has 1 N–H and O–H groups in total. The second-order valence-corrected chi connectivity index (χ2v) is 18.6. The number of rotatable bonds is 7. The Morgan fingerprint density at radius 1 is 1.05 bits per heavy atom. The Kier molecular flexibility index (Phi) is 7.54. The van der Waals surface area contributed by atoms with Crippen LogP contribution < -0.4 is 4.74 Å². The first-order valence-corrected chi connectivity index (χ1v) is 17.7. The van der Waals surface area contributed by atoms with Crippen LogP contribution in [0.1, 0.15) is 55.3 Å². The van der Waals surface area contributed by atoms with E-state index in [9.17, 15) is 14.1 Å². The van der Waals surface area contributed by atoms with Gasteiger partial charge in [-0.3, -0.25) is 9.00 Å².